The smallest absolute Gasteiger partial charge is 0.261 e. The van der Waals surface area contributed by atoms with Crippen molar-refractivity contribution in [1.29, 1.82) is 0 Å². The molecule has 1 aromatic carbocycles. The maximum Gasteiger partial charge on any atom is 0.261 e. The second-order valence-electron chi connectivity index (χ2n) is 6.32. The number of aryl methyl sites for hydroxylation is 1. The molecule has 1 atom stereocenters. The van der Waals surface area contributed by atoms with Crippen LogP contribution in [0, 0.1) is 12.7 Å². The summed E-state index contributed by atoms with van der Waals surface area (Å²) in [5.74, 6) is -0.474. The number of amides is 1. The van der Waals surface area contributed by atoms with Crippen LogP contribution in [0.3, 0.4) is 0 Å². The van der Waals surface area contributed by atoms with E-state index in [1.807, 2.05) is 25.4 Å². The minimum absolute atomic E-state index is 0.185. The van der Waals surface area contributed by atoms with Crippen LogP contribution in [0.1, 0.15) is 20.8 Å². The first-order chi connectivity index (χ1) is 12.9. The lowest BCUT2D eigenvalue weighted by Crippen LogP contribution is -2.41. The van der Waals surface area contributed by atoms with E-state index in [-0.39, 0.29) is 24.3 Å². The third-order valence-electron chi connectivity index (χ3n) is 4.34. The van der Waals surface area contributed by atoms with Gasteiger partial charge < -0.3 is 11.1 Å². The van der Waals surface area contributed by atoms with Crippen LogP contribution in [0.25, 0.3) is 11.3 Å². The van der Waals surface area contributed by atoms with Crippen molar-refractivity contribution in [2.45, 2.75) is 19.4 Å². The van der Waals surface area contributed by atoms with Gasteiger partial charge in [-0.1, -0.05) is 23.7 Å². The van der Waals surface area contributed by atoms with E-state index in [2.05, 4.69) is 10.4 Å². The molecule has 1 amide bonds. The van der Waals surface area contributed by atoms with Gasteiger partial charge in [-0.3, -0.25) is 9.48 Å². The van der Waals surface area contributed by atoms with Gasteiger partial charge in [0.2, 0.25) is 0 Å². The van der Waals surface area contributed by atoms with Gasteiger partial charge in [0.15, 0.2) is 5.15 Å². The Balaban J connectivity index is 1.72. The molecule has 5 nitrogen and oxygen atoms in total. The van der Waals surface area contributed by atoms with Crippen LogP contribution in [-0.2, 0) is 13.5 Å². The van der Waals surface area contributed by atoms with Crippen LogP contribution >= 0.6 is 22.9 Å². The molecule has 3 rings (SSSR count). The van der Waals surface area contributed by atoms with Crippen LogP contribution < -0.4 is 11.1 Å². The van der Waals surface area contributed by atoms with Crippen molar-refractivity contribution in [3.8, 4) is 11.3 Å². The average Bonchev–Trinajstić information content (AvgIpc) is 3.21. The number of nitrogens with zero attached hydrogens (tertiary/aromatic N) is 2. The molecule has 2 aromatic heterocycles. The summed E-state index contributed by atoms with van der Waals surface area (Å²) in [7, 11) is 1.82. The second-order valence-corrected chi connectivity index (χ2v) is 7.59. The minimum Gasteiger partial charge on any atom is -0.347 e. The van der Waals surface area contributed by atoms with Crippen LogP contribution in [-0.4, -0.2) is 28.3 Å². The predicted octanol–water partition coefficient (Wildman–Crippen LogP) is 3.55. The quantitative estimate of drug-likeness (QED) is 0.657. The van der Waals surface area contributed by atoms with Gasteiger partial charge in [0.25, 0.3) is 5.91 Å². The molecule has 2 heterocycles. The van der Waals surface area contributed by atoms with E-state index < -0.39 is 0 Å². The summed E-state index contributed by atoms with van der Waals surface area (Å²) in [6.07, 6.45) is 0.539. The van der Waals surface area contributed by atoms with Crippen LogP contribution in [0.4, 0.5) is 4.39 Å². The van der Waals surface area contributed by atoms with E-state index in [9.17, 15) is 9.18 Å². The number of hydrogen-bond donors (Lipinski definition) is 2. The zero-order valence-corrected chi connectivity index (χ0v) is 16.6. The van der Waals surface area contributed by atoms with Gasteiger partial charge in [-0.25, -0.2) is 4.39 Å². The third-order valence-corrected chi connectivity index (χ3v) is 5.63. The van der Waals surface area contributed by atoms with Crippen molar-refractivity contribution in [2.75, 3.05) is 6.54 Å². The summed E-state index contributed by atoms with van der Waals surface area (Å²) in [4.78, 5) is 13.2. The van der Waals surface area contributed by atoms with Gasteiger partial charge in [-0.05, 0) is 37.1 Å². The number of hydrogen-bond acceptors (Lipinski definition) is 4. The molecule has 0 spiro atoms. The van der Waals surface area contributed by atoms with Crippen LogP contribution in [0.5, 0.6) is 0 Å². The summed E-state index contributed by atoms with van der Waals surface area (Å²) in [5.41, 5.74) is 9.38. The Morgan fingerprint density at radius 1 is 1.41 bits per heavy atom. The molecule has 0 unspecified atom stereocenters. The maximum atomic E-state index is 13.0. The van der Waals surface area contributed by atoms with Gasteiger partial charge in [0, 0.05) is 36.1 Å². The molecule has 142 valence electrons. The Morgan fingerprint density at radius 2 is 2.11 bits per heavy atom. The van der Waals surface area contributed by atoms with Crippen molar-refractivity contribution in [3.63, 3.8) is 0 Å². The number of thiophene rings is 1. The van der Waals surface area contributed by atoms with Gasteiger partial charge >= 0.3 is 0 Å². The fourth-order valence-corrected chi connectivity index (χ4v) is 3.93. The zero-order valence-electron chi connectivity index (χ0n) is 15.0. The summed E-state index contributed by atoms with van der Waals surface area (Å²) >= 11 is 7.44. The molecule has 3 N–H and O–H groups in total. The number of aromatic nitrogens is 2. The molecule has 0 bridgehead atoms. The first-order valence-corrected chi connectivity index (χ1v) is 9.68. The molecular weight excluding hydrogens is 387 g/mol. The Hall–Kier alpha value is -2.22. The number of nitrogens with one attached hydrogen (secondary N) is 1. The zero-order chi connectivity index (χ0) is 19.6. The summed E-state index contributed by atoms with van der Waals surface area (Å²) in [6.45, 7) is 2.19. The normalized spacial score (nSPS) is 12.2. The topological polar surface area (TPSA) is 72.9 Å². The first kappa shape index (κ1) is 19.5. The number of rotatable bonds is 6. The number of benzene rings is 1. The maximum absolute atomic E-state index is 13.0. The van der Waals surface area contributed by atoms with Crippen LogP contribution in [0.15, 0.2) is 35.7 Å². The highest BCUT2D eigenvalue weighted by atomic mass is 35.5. The van der Waals surface area contributed by atoms with E-state index in [0.717, 1.165) is 22.4 Å². The van der Waals surface area contributed by atoms with E-state index >= 15 is 0 Å². The number of nitrogens with two attached hydrogens (primary N) is 1. The molecular formula is C19H20ClFN4OS. The Kier molecular flexibility index (Phi) is 5.94. The molecule has 0 aliphatic heterocycles. The highest BCUT2D eigenvalue weighted by molar-refractivity contribution is 7.12. The standard InChI is InChI=1S/C19H20ClFN4OS/c1-11-17(25(2)24-18(11)20)13-8-16(27-10-13)19(26)23-15(9-22)7-12-3-5-14(21)6-4-12/h3-6,8,10,15H,7,9,22H2,1-2H3,(H,23,26)/t15-/m0/s1. The molecule has 0 aliphatic rings. The lowest BCUT2D eigenvalue weighted by atomic mass is 10.1. The Labute approximate surface area is 166 Å². The van der Waals surface area contributed by atoms with E-state index in [1.54, 1.807) is 16.8 Å². The molecule has 0 aliphatic carbocycles. The van der Waals surface area contributed by atoms with Gasteiger partial charge in [0.05, 0.1) is 10.6 Å². The number of halogens is 2. The summed E-state index contributed by atoms with van der Waals surface area (Å²) < 4.78 is 14.7. The Morgan fingerprint density at radius 3 is 2.70 bits per heavy atom. The van der Waals surface area contributed by atoms with Crippen molar-refractivity contribution in [2.24, 2.45) is 12.8 Å². The number of carbonyl (C=O) groups is 1. The SMILES string of the molecule is Cc1c(Cl)nn(C)c1-c1csc(C(=O)N[C@H](CN)Cc2ccc(F)cc2)c1. The summed E-state index contributed by atoms with van der Waals surface area (Å²) in [6, 6.07) is 7.78. The van der Waals surface area contributed by atoms with Gasteiger partial charge in [-0.15, -0.1) is 11.3 Å². The van der Waals surface area contributed by atoms with Gasteiger partial charge in [-0.2, -0.15) is 5.10 Å². The van der Waals surface area contributed by atoms with E-state index in [4.69, 9.17) is 17.3 Å². The lowest BCUT2D eigenvalue weighted by Gasteiger charge is -2.16. The first-order valence-electron chi connectivity index (χ1n) is 8.42. The van der Waals surface area contributed by atoms with Crippen molar-refractivity contribution in [1.82, 2.24) is 15.1 Å². The molecule has 0 radical (unpaired) electrons. The Bertz CT molecular complexity index is 951. The average molecular weight is 407 g/mol. The fourth-order valence-electron chi connectivity index (χ4n) is 2.93. The molecule has 0 saturated heterocycles. The predicted molar refractivity (Wildman–Crippen MR) is 107 cm³/mol. The molecule has 8 heteroatoms. The highest BCUT2D eigenvalue weighted by Gasteiger charge is 2.18. The van der Waals surface area contributed by atoms with Crippen molar-refractivity contribution < 1.29 is 9.18 Å². The molecule has 3 aromatic rings. The molecule has 27 heavy (non-hydrogen) atoms. The largest absolute Gasteiger partial charge is 0.347 e. The molecule has 0 saturated carbocycles. The monoisotopic (exact) mass is 406 g/mol. The van der Waals surface area contributed by atoms with Gasteiger partial charge in [0.1, 0.15) is 5.82 Å². The van der Waals surface area contributed by atoms with E-state index in [0.29, 0.717) is 16.5 Å². The highest BCUT2D eigenvalue weighted by Crippen LogP contribution is 2.31. The second kappa shape index (κ2) is 8.21. The third kappa shape index (κ3) is 4.37. The van der Waals surface area contributed by atoms with Crippen molar-refractivity contribution in [3.05, 3.63) is 62.7 Å². The van der Waals surface area contributed by atoms with Crippen LogP contribution in [0.2, 0.25) is 5.15 Å². The fraction of sp³-hybridized carbons (Fsp3) is 0.263. The molecule has 0 fully saturated rings. The van der Waals surface area contributed by atoms with Crippen molar-refractivity contribution >= 4 is 28.8 Å². The minimum atomic E-state index is -0.288. The summed E-state index contributed by atoms with van der Waals surface area (Å²) in [5, 5.41) is 9.51. The van der Waals surface area contributed by atoms with E-state index in [1.165, 1.54) is 23.5 Å². The number of carbonyl (C=O) groups excluding carboxylic acids is 1. The lowest BCUT2D eigenvalue weighted by molar-refractivity contribution is 0.0942.